The predicted molar refractivity (Wildman–Crippen MR) is 75.8 cm³/mol. The number of carbonyl (C=O) groups excluding carboxylic acids is 1. The minimum atomic E-state index is -0.864. The fourth-order valence-electron chi connectivity index (χ4n) is 1.82. The van der Waals surface area contributed by atoms with Crippen LogP contribution in [0, 0.1) is 11.6 Å². The van der Waals surface area contributed by atoms with Gasteiger partial charge in [0.2, 0.25) is 0 Å². The van der Waals surface area contributed by atoms with E-state index in [0.29, 0.717) is 23.6 Å². The van der Waals surface area contributed by atoms with E-state index < -0.39 is 17.2 Å². The third-order valence-corrected chi connectivity index (χ3v) is 3.96. The van der Waals surface area contributed by atoms with Crippen molar-refractivity contribution in [2.24, 2.45) is 0 Å². The average molecular weight is 303 g/mol. The fourth-order valence-corrected chi connectivity index (χ4v) is 2.91. The van der Waals surface area contributed by atoms with Crippen LogP contribution in [0.2, 0.25) is 0 Å². The van der Waals surface area contributed by atoms with Crippen LogP contribution in [0.4, 0.5) is 8.78 Å². The van der Waals surface area contributed by atoms with Gasteiger partial charge in [-0.15, -0.1) is 11.8 Å². The molecule has 0 saturated heterocycles. The third kappa shape index (κ3) is 4.45. The number of hydrogen-bond acceptors (Lipinski definition) is 4. The maximum absolute atomic E-state index is 13.1. The molecular weight excluding hydrogens is 284 g/mol. The first-order chi connectivity index (χ1) is 9.42. The van der Waals surface area contributed by atoms with Crippen LogP contribution in [-0.4, -0.2) is 30.9 Å². The second kappa shape index (κ2) is 7.59. The Kier molecular flexibility index (Phi) is 6.42. The van der Waals surface area contributed by atoms with Crippen molar-refractivity contribution in [2.45, 2.75) is 30.7 Å². The number of nitrogens with one attached hydrogen (secondary N) is 1. The topological polar surface area (TPSA) is 38.3 Å². The highest BCUT2D eigenvalue weighted by Gasteiger charge is 2.32. The Balaban J connectivity index is 2.60. The van der Waals surface area contributed by atoms with E-state index in [0.717, 1.165) is 12.1 Å². The van der Waals surface area contributed by atoms with Gasteiger partial charge in [0, 0.05) is 10.6 Å². The number of halogens is 2. The molecule has 0 amide bonds. The lowest BCUT2D eigenvalue weighted by molar-refractivity contribution is -0.147. The number of carbonyl (C=O) groups is 1. The molecule has 0 fully saturated rings. The van der Waals surface area contributed by atoms with Crippen molar-refractivity contribution >= 4 is 17.7 Å². The summed E-state index contributed by atoms with van der Waals surface area (Å²) in [7, 11) is 1.35. The van der Waals surface area contributed by atoms with Gasteiger partial charge in [-0.25, -0.2) is 8.78 Å². The number of rotatable bonds is 7. The second-order valence-corrected chi connectivity index (χ2v) is 5.70. The van der Waals surface area contributed by atoms with Crippen molar-refractivity contribution in [3.63, 3.8) is 0 Å². The fraction of sp³-hybridized carbons (Fsp3) is 0.500. The summed E-state index contributed by atoms with van der Waals surface area (Å²) in [6.45, 7) is 4.32. The van der Waals surface area contributed by atoms with Gasteiger partial charge in [-0.1, -0.05) is 6.92 Å². The lowest BCUT2D eigenvalue weighted by atomic mass is 9.99. The van der Waals surface area contributed by atoms with Crippen LogP contribution in [0.1, 0.15) is 20.3 Å². The van der Waals surface area contributed by atoms with Crippen LogP contribution in [0.5, 0.6) is 0 Å². The quantitative estimate of drug-likeness (QED) is 0.621. The molecule has 20 heavy (non-hydrogen) atoms. The Morgan fingerprint density at radius 3 is 2.65 bits per heavy atom. The van der Waals surface area contributed by atoms with Gasteiger partial charge in [-0.05, 0) is 38.1 Å². The summed E-state index contributed by atoms with van der Waals surface area (Å²) in [6, 6.07) is 3.77. The number of likely N-dealkylation sites (N-methyl/N-ethyl adjacent to an activating group) is 1. The molecule has 0 aliphatic rings. The summed E-state index contributed by atoms with van der Waals surface area (Å²) < 4.78 is 30.7. The molecule has 0 aliphatic heterocycles. The molecule has 1 unspecified atom stereocenters. The number of ether oxygens (including phenoxy) is 1. The molecule has 0 aliphatic carbocycles. The van der Waals surface area contributed by atoms with Crippen molar-refractivity contribution in [2.75, 3.05) is 19.4 Å². The van der Waals surface area contributed by atoms with Gasteiger partial charge >= 0.3 is 5.97 Å². The van der Waals surface area contributed by atoms with Crippen LogP contribution >= 0.6 is 11.8 Å². The molecule has 0 spiro atoms. The van der Waals surface area contributed by atoms with Gasteiger partial charge in [-0.3, -0.25) is 4.79 Å². The highest BCUT2D eigenvalue weighted by molar-refractivity contribution is 7.99. The Labute approximate surface area is 122 Å². The zero-order chi connectivity index (χ0) is 15.2. The summed E-state index contributed by atoms with van der Waals surface area (Å²) in [6.07, 6.45) is 0.525. The first-order valence-electron chi connectivity index (χ1n) is 6.34. The Bertz CT molecular complexity index is 470. The number of esters is 1. The monoisotopic (exact) mass is 303 g/mol. The van der Waals surface area contributed by atoms with Gasteiger partial charge in [0.25, 0.3) is 0 Å². The lowest BCUT2D eigenvalue weighted by Gasteiger charge is -2.27. The van der Waals surface area contributed by atoms with Gasteiger partial charge in [0.15, 0.2) is 11.6 Å². The minimum Gasteiger partial charge on any atom is -0.468 e. The third-order valence-electron chi connectivity index (χ3n) is 2.96. The van der Waals surface area contributed by atoms with Crippen molar-refractivity contribution in [3.05, 3.63) is 29.8 Å². The zero-order valence-electron chi connectivity index (χ0n) is 11.8. The summed E-state index contributed by atoms with van der Waals surface area (Å²) in [5.41, 5.74) is -0.769. The molecular formula is C14H19F2NO2S. The first kappa shape index (κ1) is 16.9. The maximum Gasteiger partial charge on any atom is 0.325 e. The molecule has 0 bridgehead atoms. The SMILES string of the molecule is CCNC(C)(CCSc1ccc(F)c(F)c1)C(=O)OC. The Hall–Kier alpha value is -1.14. The standard InChI is InChI=1S/C14H19F2NO2S/c1-4-17-14(2,13(18)19-3)7-8-20-10-5-6-11(15)12(16)9-10/h5-6,9,17H,4,7-8H2,1-3H3. The van der Waals surface area contributed by atoms with Crippen molar-refractivity contribution in [3.8, 4) is 0 Å². The lowest BCUT2D eigenvalue weighted by Crippen LogP contribution is -2.50. The van der Waals surface area contributed by atoms with Gasteiger partial charge in [0.1, 0.15) is 5.54 Å². The molecule has 3 nitrogen and oxygen atoms in total. The zero-order valence-corrected chi connectivity index (χ0v) is 12.7. The molecule has 6 heteroatoms. The normalized spacial score (nSPS) is 13.8. The maximum atomic E-state index is 13.1. The van der Waals surface area contributed by atoms with Gasteiger partial charge in [-0.2, -0.15) is 0 Å². The number of methoxy groups -OCH3 is 1. The van der Waals surface area contributed by atoms with Crippen molar-refractivity contribution < 1.29 is 18.3 Å². The Morgan fingerprint density at radius 1 is 1.40 bits per heavy atom. The minimum absolute atomic E-state index is 0.328. The number of thioether (sulfide) groups is 1. The largest absolute Gasteiger partial charge is 0.468 e. The van der Waals surface area contributed by atoms with E-state index in [4.69, 9.17) is 4.74 Å². The van der Waals surface area contributed by atoms with E-state index in [1.807, 2.05) is 6.92 Å². The van der Waals surface area contributed by atoms with Crippen LogP contribution in [-0.2, 0) is 9.53 Å². The number of benzene rings is 1. The van der Waals surface area contributed by atoms with E-state index in [-0.39, 0.29) is 5.97 Å². The van der Waals surface area contributed by atoms with Crippen LogP contribution < -0.4 is 5.32 Å². The van der Waals surface area contributed by atoms with Gasteiger partial charge < -0.3 is 10.1 Å². The van der Waals surface area contributed by atoms with E-state index in [9.17, 15) is 13.6 Å². The summed E-state index contributed by atoms with van der Waals surface area (Å²) in [4.78, 5) is 12.4. The van der Waals surface area contributed by atoms with Crippen molar-refractivity contribution in [1.29, 1.82) is 0 Å². The van der Waals surface area contributed by atoms with Crippen LogP contribution in [0.25, 0.3) is 0 Å². The van der Waals surface area contributed by atoms with Gasteiger partial charge in [0.05, 0.1) is 7.11 Å². The van der Waals surface area contributed by atoms with E-state index >= 15 is 0 Å². The van der Waals surface area contributed by atoms with Crippen LogP contribution in [0.3, 0.4) is 0 Å². The van der Waals surface area contributed by atoms with E-state index in [2.05, 4.69) is 5.32 Å². The number of hydrogen-bond donors (Lipinski definition) is 1. The van der Waals surface area contributed by atoms with E-state index in [1.165, 1.54) is 24.9 Å². The molecule has 1 aromatic rings. The summed E-state index contributed by atoms with van der Waals surface area (Å²) in [5, 5.41) is 3.09. The molecule has 1 N–H and O–H groups in total. The highest BCUT2D eigenvalue weighted by atomic mass is 32.2. The smallest absolute Gasteiger partial charge is 0.325 e. The molecule has 0 heterocycles. The molecule has 0 aromatic heterocycles. The average Bonchev–Trinajstić information content (AvgIpc) is 2.42. The highest BCUT2D eigenvalue weighted by Crippen LogP contribution is 2.24. The molecule has 0 saturated carbocycles. The molecule has 1 aromatic carbocycles. The summed E-state index contributed by atoms with van der Waals surface area (Å²) in [5.74, 6) is -1.46. The first-order valence-corrected chi connectivity index (χ1v) is 7.33. The Morgan fingerprint density at radius 2 is 2.10 bits per heavy atom. The second-order valence-electron chi connectivity index (χ2n) is 4.53. The van der Waals surface area contributed by atoms with E-state index in [1.54, 1.807) is 6.92 Å². The van der Waals surface area contributed by atoms with Crippen LogP contribution in [0.15, 0.2) is 23.1 Å². The summed E-state index contributed by atoms with van der Waals surface area (Å²) >= 11 is 1.37. The predicted octanol–water partition coefficient (Wildman–Crippen LogP) is 2.99. The molecule has 0 radical (unpaired) electrons. The molecule has 112 valence electrons. The van der Waals surface area contributed by atoms with Crippen molar-refractivity contribution in [1.82, 2.24) is 5.32 Å². The molecule has 1 atom stereocenters. The molecule has 1 rings (SSSR count).